The smallest absolute Gasteiger partial charge is 0.351 e. The number of hydrogen-bond acceptors (Lipinski definition) is 8. The molecule has 180 valence electrons. The fourth-order valence-corrected chi connectivity index (χ4v) is 4.21. The van der Waals surface area contributed by atoms with Crippen molar-refractivity contribution < 1.29 is 38.0 Å². The highest BCUT2D eigenvalue weighted by atomic mass is 16.7. The minimum absolute atomic E-state index is 0.125. The van der Waals surface area contributed by atoms with Crippen LogP contribution in [0.3, 0.4) is 0 Å². The molecule has 0 spiro atoms. The van der Waals surface area contributed by atoms with Gasteiger partial charge >= 0.3 is 11.9 Å². The van der Waals surface area contributed by atoms with E-state index in [2.05, 4.69) is 0 Å². The van der Waals surface area contributed by atoms with Crippen LogP contribution in [0, 0.1) is 5.92 Å². The van der Waals surface area contributed by atoms with E-state index < -0.39 is 23.5 Å². The molecule has 2 atom stereocenters. The van der Waals surface area contributed by atoms with Crippen molar-refractivity contribution in [3.8, 4) is 23.0 Å². The average Bonchev–Trinajstić information content (AvgIpc) is 3.43. The molecule has 0 N–H and O–H groups in total. The summed E-state index contributed by atoms with van der Waals surface area (Å²) in [5.41, 5.74) is 0.582. The molecular weight excluding hydrogens is 440 g/mol. The first-order chi connectivity index (χ1) is 16.4. The first-order valence-electron chi connectivity index (χ1n) is 11.0. The fourth-order valence-electron chi connectivity index (χ4n) is 4.21. The van der Waals surface area contributed by atoms with Crippen LogP contribution in [-0.4, -0.2) is 45.2 Å². The lowest BCUT2D eigenvalue weighted by atomic mass is 9.80. The predicted molar refractivity (Wildman–Crippen MR) is 122 cm³/mol. The molecule has 0 saturated carbocycles. The van der Waals surface area contributed by atoms with E-state index in [1.807, 2.05) is 18.2 Å². The number of allylic oxidation sites excluding steroid dienone is 1. The standard InChI is InChI=1S/C26H28O8/c1-5-16(2)24(27)34-26(13-18-7-9-21-23(12-18)33-15-32-21)19(14-31-25(26)28)10-17-6-8-20(29-3)22(11-17)30-4/h5-9,11-12,19H,10,13-15H2,1-4H3/t19-,26-/m0/s1. The van der Waals surface area contributed by atoms with Crippen molar-refractivity contribution in [2.75, 3.05) is 27.6 Å². The van der Waals surface area contributed by atoms with Gasteiger partial charge < -0.3 is 28.4 Å². The highest BCUT2D eigenvalue weighted by Gasteiger charge is 2.56. The Morgan fingerprint density at radius 2 is 1.76 bits per heavy atom. The summed E-state index contributed by atoms with van der Waals surface area (Å²) in [6.07, 6.45) is 2.22. The lowest BCUT2D eigenvalue weighted by Gasteiger charge is -2.31. The van der Waals surface area contributed by atoms with Crippen molar-refractivity contribution in [1.82, 2.24) is 0 Å². The van der Waals surface area contributed by atoms with Crippen molar-refractivity contribution >= 4 is 11.9 Å². The molecule has 2 aliphatic heterocycles. The Kier molecular flexibility index (Phi) is 6.68. The Hall–Kier alpha value is -3.68. The fraction of sp³-hybridized carbons (Fsp3) is 0.385. The van der Waals surface area contributed by atoms with E-state index in [-0.39, 0.29) is 19.8 Å². The molecule has 0 bridgehead atoms. The number of hydrogen-bond donors (Lipinski definition) is 0. The van der Waals surface area contributed by atoms with Crippen LogP contribution in [0.2, 0.25) is 0 Å². The zero-order valence-corrected chi connectivity index (χ0v) is 19.7. The molecule has 4 rings (SSSR count). The quantitative estimate of drug-likeness (QED) is 0.429. The third kappa shape index (κ3) is 4.40. The number of rotatable bonds is 8. The third-order valence-corrected chi connectivity index (χ3v) is 6.28. The van der Waals surface area contributed by atoms with Gasteiger partial charge in [-0.25, -0.2) is 9.59 Å². The topological polar surface area (TPSA) is 89.5 Å². The molecule has 2 aromatic rings. The maximum absolute atomic E-state index is 13.2. The van der Waals surface area contributed by atoms with E-state index >= 15 is 0 Å². The summed E-state index contributed by atoms with van der Waals surface area (Å²) < 4.78 is 33.1. The highest BCUT2D eigenvalue weighted by Crippen LogP contribution is 2.40. The molecule has 8 heteroatoms. The number of esters is 2. The van der Waals surface area contributed by atoms with Crippen molar-refractivity contribution in [3.05, 3.63) is 59.2 Å². The van der Waals surface area contributed by atoms with Gasteiger partial charge in [-0.05, 0) is 55.7 Å². The molecule has 0 radical (unpaired) electrons. The van der Waals surface area contributed by atoms with Crippen LogP contribution in [0.15, 0.2) is 48.0 Å². The number of methoxy groups -OCH3 is 2. The summed E-state index contributed by atoms with van der Waals surface area (Å²) in [7, 11) is 3.13. The number of fused-ring (bicyclic) bond motifs is 1. The maximum Gasteiger partial charge on any atom is 0.351 e. The molecular formula is C26H28O8. The number of benzene rings is 2. The summed E-state index contributed by atoms with van der Waals surface area (Å²) in [4.78, 5) is 26.0. The Labute approximate surface area is 198 Å². The molecule has 1 saturated heterocycles. The average molecular weight is 469 g/mol. The second-order valence-electron chi connectivity index (χ2n) is 8.30. The van der Waals surface area contributed by atoms with Gasteiger partial charge in [0.05, 0.1) is 20.8 Å². The largest absolute Gasteiger partial charge is 0.493 e. The van der Waals surface area contributed by atoms with E-state index in [0.29, 0.717) is 35.0 Å². The number of ether oxygens (including phenoxy) is 6. The molecule has 2 heterocycles. The van der Waals surface area contributed by atoms with Gasteiger partial charge in [0, 0.05) is 17.9 Å². The van der Waals surface area contributed by atoms with Crippen LogP contribution >= 0.6 is 0 Å². The minimum atomic E-state index is -1.50. The van der Waals surface area contributed by atoms with Crippen LogP contribution < -0.4 is 18.9 Å². The second kappa shape index (κ2) is 9.67. The van der Waals surface area contributed by atoms with Gasteiger partial charge in [-0.1, -0.05) is 18.2 Å². The Morgan fingerprint density at radius 3 is 2.50 bits per heavy atom. The van der Waals surface area contributed by atoms with Crippen LogP contribution in [0.4, 0.5) is 0 Å². The SMILES string of the molecule is CC=C(C)C(=O)O[C@]1(Cc2ccc3c(c2)OCO3)C(=O)OC[C@@H]1Cc1ccc(OC)c(OC)c1. The van der Waals surface area contributed by atoms with Gasteiger partial charge in [0.1, 0.15) is 0 Å². The van der Waals surface area contributed by atoms with Gasteiger partial charge in [0.15, 0.2) is 23.0 Å². The normalized spacial score (nSPS) is 21.2. The van der Waals surface area contributed by atoms with E-state index in [9.17, 15) is 9.59 Å². The molecule has 0 unspecified atom stereocenters. The van der Waals surface area contributed by atoms with Crippen LogP contribution in [0.1, 0.15) is 25.0 Å². The molecule has 2 aromatic carbocycles. The van der Waals surface area contributed by atoms with E-state index in [1.54, 1.807) is 52.3 Å². The van der Waals surface area contributed by atoms with Gasteiger partial charge in [0.2, 0.25) is 12.4 Å². The predicted octanol–water partition coefficient (Wildman–Crippen LogP) is 3.64. The van der Waals surface area contributed by atoms with Crippen LogP contribution in [0.5, 0.6) is 23.0 Å². The first-order valence-corrected chi connectivity index (χ1v) is 11.0. The van der Waals surface area contributed by atoms with Gasteiger partial charge in [0.25, 0.3) is 0 Å². The minimum Gasteiger partial charge on any atom is -0.493 e. The molecule has 34 heavy (non-hydrogen) atoms. The van der Waals surface area contributed by atoms with Gasteiger partial charge in [-0.3, -0.25) is 0 Å². The van der Waals surface area contributed by atoms with Gasteiger partial charge in [-0.2, -0.15) is 0 Å². The maximum atomic E-state index is 13.2. The van der Waals surface area contributed by atoms with Crippen molar-refractivity contribution in [2.45, 2.75) is 32.3 Å². The number of carbonyl (C=O) groups excluding carboxylic acids is 2. The summed E-state index contributed by atoms with van der Waals surface area (Å²) in [5, 5.41) is 0. The summed E-state index contributed by atoms with van der Waals surface area (Å²) in [6.45, 7) is 3.67. The zero-order chi connectivity index (χ0) is 24.3. The number of carbonyl (C=O) groups is 2. The molecule has 2 aliphatic rings. The highest BCUT2D eigenvalue weighted by molar-refractivity contribution is 5.92. The van der Waals surface area contributed by atoms with Crippen molar-refractivity contribution in [2.24, 2.45) is 5.92 Å². The zero-order valence-electron chi connectivity index (χ0n) is 19.7. The Balaban J connectivity index is 1.70. The number of cyclic esters (lactones) is 1. The Bertz CT molecular complexity index is 1120. The molecule has 8 nitrogen and oxygen atoms in total. The lowest BCUT2D eigenvalue weighted by molar-refractivity contribution is -0.172. The van der Waals surface area contributed by atoms with Gasteiger partial charge in [-0.15, -0.1) is 0 Å². The summed E-state index contributed by atoms with van der Waals surface area (Å²) >= 11 is 0. The van der Waals surface area contributed by atoms with E-state index in [0.717, 1.165) is 11.1 Å². The monoisotopic (exact) mass is 468 g/mol. The molecule has 0 amide bonds. The molecule has 0 aromatic heterocycles. The molecule has 1 fully saturated rings. The summed E-state index contributed by atoms with van der Waals surface area (Å²) in [5.74, 6) is 0.867. The van der Waals surface area contributed by atoms with Crippen LogP contribution in [0.25, 0.3) is 0 Å². The van der Waals surface area contributed by atoms with Crippen LogP contribution in [-0.2, 0) is 31.9 Å². The van der Waals surface area contributed by atoms with E-state index in [1.165, 1.54) is 0 Å². The van der Waals surface area contributed by atoms with Crippen molar-refractivity contribution in [1.29, 1.82) is 0 Å². The van der Waals surface area contributed by atoms with E-state index in [4.69, 9.17) is 28.4 Å². The molecule has 0 aliphatic carbocycles. The van der Waals surface area contributed by atoms with Crippen molar-refractivity contribution in [3.63, 3.8) is 0 Å². The first kappa shape index (κ1) is 23.5. The third-order valence-electron chi connectivity index (χ3n) is 6.28. The lowest BCUT2D eigenvalue weighted by Crippen LogP contribution is -2.48. The summed E-state index contributed by atoms with van der Waals surface area (Å²) in [6, 6.07) is 11.0. The second-order valence-corrected chi connectivity index (χ2v) is 8.30. The Morgan fingerprint density at radius 1 is 1.03 bits per heavy atom.